The quantitative estimate of drug-likeness (QED) is 0.429. The highest BCUT2D eigenvalue weighted by atomic mass is 16.6. The molecule has 0 aromatic heterocycles. The van der Waals surface area contributed by atoms with Gasteiger partial charge in [-0.25, -0.2) is 19.2 Å². The van der Waals surface area contributed by atoms with Gasteiger partial charge in [0, 0.05) is 25.5 Å². The summed E-state index contributed by atoms with van der Waals surface area (Å²) in [5.74, 6) is -1.25. The molecule has 0 radical (unpaired) electrons. The smallest absolute Gasteiger partial charge is 0.338 e. The molecule has 198 valence electrons. The Labute approximate surface area is 220 Å². The number of rotatable bonds is 7. The second-order valence-electron chi connectivity index (χ2n) is 8.97. The van der Waals surface area contributed by atoms with E-state index in [-0.39, 0.29) is 25.3 Å². The van der Waals surface area contributed by atoms with Gasteiger partial charge in [-0.1, -0.05) is 60.7 Å². The zero-order valence-electron chi connectivity index (χ0n) is 21.7. The van der Waals surface area contributed by atoms with Crippen molar-refractivity contribution in [1.82, 2.24) is 20.4 Å². The van der Waals surface area contributed by atoms with Crippen LogP contribution in [0, 0.1) is 0 Å². The van der Waals surface area contributed by atoms with Gasteiger partial charge in [0.2, 0.25) is 0 Å². The summed E-state index contributed by atoms with van der Waals surface area (Å²) in [7, 11) is 3.14. The van der Waals surface area contributed by atoms with Crippen LogP contribution in [0.15, 0.2) is 83.2 Å². The van der Waals surface area contributed by atoms with Crippen LogP contribution >= 0.6 is 0 Å². The molecule has 0 spiro atoms. The van der Waals surface area contributed by atoms with Crippen molar-refractivity contribution in [2.75, 3.05) is 27.3 Å². The molecule has 2 unspecified atom stereocenters. The second kappa shape index (κ2) is 11.2. The van der Waals surface area contributed by atoms with Crippen LogP contribution in [0.3, 0.4) is 0 Å². The van der Waals surface area contributed by atoms with Gasteiger partial charge in [0.05, 0.1) is 23.2 Å². The third kappa shape index (κ3) is 5.24. The van der Waals surface area contributed by atoms with Gasteiger partial charge in [0.25, 0.3) is 0 Å². The summed E-state index contributed by atoms with van der Waals surface area (Å²) in [5, 5.41) is 5.65. The Morgan fingerprint density at radius 3 is 1.37 bits per heavy atom. The number of urea groups is 2. The molecule has 2 heterocycles. The Bertz CT molecular complexity index is 1200. The first-order chi connectivity index (χ1) is 18.2. The molecule has 0 saturated heterocycles. The van der Waals surface area contributed by atoms with Crippen molar-refractivity contribution in [3.63, 3.8) is 0 Å². The highest BCUT2D eigenvalue weighted by molar-refractivity contribution is 5.96. The number of benzene rings is 2. The van der Waals surface area contributed by atoms with Crippen LogP contribution in [-0.2, 0) is 19.1 Å². The Balaban J connectivity index is 1.44. The number of hydrogen-bond acceptors (Lipinski definition) is 6. The van der Waals surface area contributed by atoms with Gasteiger partial charge in [0.15, 0.2) is 0 Å². The Hall–Kier alpha value is -4.60. The number of ether oxygens (including phenoxy) is 2. The third-order valence-corrected chi connectivity index (χ3v) is 6.76. The van der Waals surface area contributed by atoms with E-state index < -0.39 is 24.0 Å². The summed E-state index contributed by atoms with van der Waals surface area (Å²) in [6, 6.07) is 16.2. The molecule has 2 aliphatic heterocycles. The van der Waals surface area contributed by atoms with Crippen LogP contribution in [0.5, 0.6) is 0 Å². The summed E-state index contributed by atoms with van der Waals surface area (Å²) in [6.07, 6.45) is 0. The lowest BCUT2D eigenvalue weighted by Gasteiger charge is -2.33. The zero-order chi connectivity index (χ0) is 27.4. The van der Waals surface area contributed by atoms with Gasteiger partial charge in [-0.15, -0.1) is 0 Å². The van der Waals surface area contributed by atoms with E-state index in [0.717, 1.165) is 11.1 Å². The number of carbonyl (C=O) groups excluding carboxylic acids is 4. The molecule has 10 heteroatoms. The van der Waals surface area contributed by atoms with Gasteiger partial charge < -0.3 is 29.9 Å². The molecule has 38 heavy (non-hydrogen) atoms. The lowest BCUT2D eigenvalue weighted by molar-refractivity contribution is -0.148. The molecule has 4 amide bonds. The summed E-state index contributed by atoms with van der Waals surface area (Å²) < 4.78 is 10.9. The summed E-state index contributed by atoms with van der Waals surface area (Å²) >= 11 is 0. The molecule has 0 fully saturated rings. The van der Waals surface area contributed by atoms with Crippen LogP contribution in [-0.4, -0.2) is 61.1 Å². The maximum absolute atomic E-state index is 13.1. The summed E-state index contributed by atoms with van der Waals surface area (Å²) in [5.41, 5.74) is 3.01. The van der Waals surface area contributed by atoms with E-state index >= 15 is 0 Å². The predicted octanol–water partition coefficient (Wildman–Crippen LogP) is 3.41. The van der Waals surface area contributed by atoms with E-state index in [4.69, 9.17) is 9.47 Å². The van der Waals surface area contributed by atoms with Crippen molar-refractivity contribution in [2.24, 2.45) is 0 Å². The number of amides is 4. The van der Waals surface area contributed by atoms with Crippen LogP contribution in [0.1, 0.15) is 37.1 Å². The maximum atomic E-state index is 13.1. The first kappa shape index (κ1) is 26.5. The highest BCUT2D eigenvalue weighted by Gasteiger charge is 2.36. The van der Waals surface area contributed by atoms with Gasteiger partial charge in [0.1, 0.15) is 13.2 Å². The largest absolute Gasteiger partial charge is 0.459 e. The van der Waals surface area contributed by atoms with Crippen molar-refractivity contribution in [3.8, 4) is 0 Å². The summed E-state index contributed by atoms with van der Waals surface area (Å²) in [4.78, 5) is 53.7. The van der Waals surface area contributed by atoms with Gasteiger partial charge in [-0.3, -0.25) is 0 Å². The number of nitrogens with one attached hydrogen (secondary N) is 2. The monoisotopic (exact) mass is 518 g/mol. The van der Waals surface area contributed by atoms with Crippen LogP contribution in [0.4, 0.5) is 9.59 Å². The molecule has 2 atom stereocenters. The fraction of sp³-hybridized carbons (Fsp3) is 0.286. The fourth-order valence-corrected chi connectivity index (χ4v) is 4.42. The normalized spacial score (nSPS) is 19.7. The molecule has 2 aromatic rings. The topological polar surface area (TPSA) is 117 Å². The number of nitrogens with zero attached hydrogens (tertiary/aromatic N) is 2. The minimum atomic E-state index is -0.671. The van der Waals surface area contributed by atoms with Gasteiger partial charge >= 0.3 is 24.0 Å². The number of hydrogen-bond donors (Lipinski definition) is 2. The third-order valence-electron chi connectivity index (χ3n) is 6.76. The van der Waals surface area contributed by atoms with Crippen molar-refractivity contribution < 1.29 is 28.7 Å². The molecule has 0 bridgehead atoms. The van der Waals surface area contributed by atoms with Crippen LogP contribution < -0.4 is 10.6 Å². The van der Waals surface area contributed by atoms with Crippen molar-refractivity contribution in [2.45, 2.75) is 25.9 Å². The minimum Gasteiger partial charge on any atom is -0.459 e. The van der Waals surface area contributed by atoms with E-state index in [0.29, 0.717) is 22.5 Å². The van der Waals surface area contributed by atoms with E-state index in [1.165, 1.54) is 9.80 Å². The predicted molar refractivity (Wildman–Crippen MR) is 138 cm³/mol. The van der Waals surface area contributed by atoms with Crippen molar-refractivity contribution in [3.05, 3.63) is 94.3 Å². The maximum Gasteiger partial charge on any atom is 0.338 e. The number of esters is 2. The molecule has 0 aliphatic carbocycles. The van der Waals surface area contributed by atoms with E-state index in [1.54, 1.807) is 27.9 Å². The van der Waals surface area contributed by atoms with E-state index in [9.17, 15) is 19.2 Å². The highest BCUT2D eigenvalue weighted by Crippen LogP contribution is 2.32. The SMILES string of the molecule is CC1=C(C(=O)OCCOC(=O)C2=C(C)N(C)C(=O)NC2c2ccccc2)C(c2ccccc2)NC(=O)N1C. The van der Waals surface area contributed by atoms with E-state index in [2.05, 4.69) is 10.6 Å². The lowest BCUT2D eigenvalue weighted by atomic mass is 9.95. The van der Waals surface area contributed by atoms with Crippen molar-refractivity contribution in [1.29, 1.82) is 0 Å². The standard InChI is InChI=1S/C28H30N4O6/c1-17-21(23(29-27(35)31(17)3)19-11-7-5-8-12-19)25(33)37-15-16-38-26(34)22-18(2)32(4)28(36)30-24(22)20-13-9-6-10-14-20/h5-14,23-24H,15-16H2,1-4H3,(H,29,35)(H,30,36). The van der Waals surface area contributed by atoms with Gasteiger partial charge in [-0.05, 0) is 25.0 Å². The molecule has 10 nitrogen and oxygen atoms in total. The molecule has 2 N–H and O–H groups in total. The fourth-order valence-electron chi connectivity index (χ4n) is 4.42. The summed E-state index contributed by atoms with van der Waals surface area (Å²) in [6.45, 7) is 2.98. The molecule has 2 aromatic carbocycles. The first-order valence-electron chi connectivity index (χ1n) is 12.1. The number of carbonyl (C=O) groups is 4. The molecule has 0 saturated carbocycles. The van der Waals surface area contributed by atoms with Gasteiger partial charge in [-0.2, -0.15) is 0 Å². The molecule has 2 aliphatic rings. The van der Waals surface area contributed by atoms with Crippen LogP contribution in [0.2, 0.25) is 0 Å². The van der Waals surface area contributed by atoms with E-state index in [1.807, 2.05) is 60.7 Å². The average molecular weight is 519 g/mol. The molecular formula is C28H30N4O6. The van der Waals surface area contributed by atoms with Crippen LogP contribution in [0.25, 0.3) is 0 Å². The Kier molecular flexibility index (Phi) is 7.80. The minimum absolute atomic E-state index is 0.189. The first-order valence-corrected chi connectivity index (χ1v) is 12.1. The number of allylic oxidation sites excluding steroid dienone is 2. The molecular weight excluding hydrogens is 488 g/mol. The Morgan fingerprint density at radius 2 is 1.03 bits per heavy atom. The average Bonchev–Trinajstić information content (AvgIpc) is 2.93. The second-order valence-corrected chi connectivity index (χ2v) is 8.97. The van der Waals surface area contributed by atoms with Crippen molar-refractivity contribution >= 4 is 24.0 Å². The Morgan fingerprint density at radius 1 is 0.684 bits per heavy atom. The molecule has 4 rings (SSSR count). The lowest BCUT2D eigenvalue weighted by Crippen LogP contribution is -2.46. The zero-order valence-corrected chi connectivity index (χ0v) is 21.7.